The van der Waals surface area contributed by atoms with Crippen molar-refractivity contribution in [2.24, 2.45) is 0 Å². The van der Waals surface area contributed by atoms with Crippen LogP contribution in [-0.4, -0.2) is 68.7 Å². The Kier molecular flexibility index (Phi) is 7.55. The van der Waals surface area contributed by atoms with E-state index in [2.05, 4.69) is 19.9 Å². The number of carbonyl (C=O) groups is 1. The first-order valence-electron chi connectivity index (χ1n) is 13.1. The smallest absolute Gasteiger partial charge is 0.410 e. The number of para-hydroxylation sites is 1. The van der Waals surface area contributed by atoms with Crippen molar-refractivity contribution in [2.45, 2.75) is 46.3 Å². The van der Waals surface area contributed by atoms with Crippen LogP contribution in [0.4, 0.5) is 19.4 Å². The van der Waals surface area contributed by atoms with Crippen LogP contribution in [0.5, 0.6) is 5.75 Å². The number of hydrogen-bond acceptors (Lipinski definition) is 7. The van der Waals surface area contributed by atoms with Gasteiger partial charge in [-0.15, -0.1) is 0 Å². The van der Waals surface area contributed by atoms with E-state index in [-0.39, 0.29) is 11.8 Å². The summed E-state index contributed by atoms with van der Waals surface area (Å²) in [6.45, 7) is 7.00. The van der Waals surface area contributed by atoms with Crippen molar-refractivity contribution >= 4 is 17.6 Å². The van der Waals surface area contributed by atoms with Gasteiger partial charge in [0.2, 0.25) is 0 Å². The van der Waals surface area contributed by atoms with Crippen molar-refractivity contribution in [3.63, 3.8) is 0 Å². The average molecular weight is 551 g/mol. The first-order chi connectivity index (χ1) is 19.1. The highest BCUT2D eigenvalue weighted by atomic mass is 19.3. The zero-order valence-electron chi connectivity index (χ0n) is 23.0. The van der Waals surface area contributed by atoms with Crippen LogP contribution in [0.3, 0.4) is 0 Å². The van der Waals surface area contributed by atoms with E-state index in [9.17, 15) is 13.6 Å². The molecule has 1 amide bonds. The number of halogens is 2. The molecule has 1 aromatic carbocycles. The fourth-order valence-corrected chi connectivity index (χ4v) is 4.69. The summed E-state index contributed by atoms with van der Waals surface area (Å²) in [7, 11) is 0. The van der Waals surface area contributed by atoms with E-state index in [1.165, 1.54) is 6.07 Å². The number of carbonyl (C=O) groups excluding carboxylic acids is 1. The number of benzene rings is 1. The fraction of sp³-hybridized carbons (Fsp3) is 0.379. The summed E-state index contributed by atoms with van der Waals surface area (Å²) in [5.74, 6) is 0.969. The minimum absolute atomic E-state index is 0.146. The molecule has 0 saturated carbocycles. The molecule has 4 heterocycles. The quantitative estimate of drug-likeness (QED) is 0.320. The van der Waals surface area contributed by atoms with Crippen LogP contribution >= 0.6 is 0 Å². The lowest BCUT2D eigenvalue weighted by molar-refractivity contribution is -0.0504. The van der Waals surface area contributed by atoms with Gasteiger partial charge in [0.15, 0.2) is 5.65 Å². The van der Waals surface area contributed by atoms with Crippen molar-refractivity contribution in [1.29, 1.82) is 0 Å². The van der Waals surface area contributed by atoms with Crippen LogP contribution in [0.25, 0.3) is 16.9 Å². The topological polar surface area (TPSA) is 85.1 Å². The maximum Gasteiger partial charge on any atom is 0.410 e. The number of alkyl halides is 2. The summed E-state index contributed by atoms with van der Waals surface area (Å²) < 4.78 is 38.0. The number of ether oxygens (including phenoxy) is 2. The second-order valence-corrected chi connectivity index (χ2v) is 10.7. The maximum absolute atomic E-state index is 12.9. The number of rotatable bonds is 6. The molecular weight excluding hydrogens is 518 g/mol. The minimum atomic E-state index is -2.90. The van der Waals surface area contributed by atoms with Crippen LogP contribution in [0.15, 0.2) is 55.0 Å². The van der Waals surface area contributed by atoms with Gasteiger partial charge in [-0.1, -0.05) is 18.2 Å². The number of amides is 1. The van der Waals surface area contributed by atoms with Gasteiger partial charge in [-0.3, -0.25) is 9.38 Å². The maximum atomic E-state index is 12.9. The van der Waals surface area contributed by atoms with Gasteiger partial charge in [0.05, 0.1) is 23.3 Å². The van der Waals surface area contributed by atoms with Crippen molar-refractivity contribution in [2.75, 3.05) is 31.1 Å². The van der Waals surface area contributed by atoms with Crippen molar-refractivity contribution in [1.82, 2.24) is 24.3 Å². The molecule has 0 bridgehead atoms. The van der Waals surface area contributed by atoms with Gasteiger partial charge in [-0.25, -0.2) is 14.8 Å². The predicted octanol–water partition coefficient (Wildman–Crippen LogP) is 5.35. The summed E-state index contributed by atoms with van der Waals surface area (Å²) in [6, 6.07) is 10.7. The predicted molar refractivity (Wildman–Crippen MR) is 147 cm³/mol. The zero-order chi connectivity index (χ0) is 28.4. The molecule has 1 aliphatic rings. The van der Waals surface area contributed by atoms with Crippen molar-refractivity contribution in [3.05, 3.63) is 71.9 Å². The molecule has 40 heavy (non-hydrogen) atoms. The van der Waals surface area contributed by atoms with Crippen molar-refractivity contribution < 1.29 is 23.0 Å². The number of aryl methyl sites for hydroxylation is 1. The first kappa shape index (κ1) is 27.3. The second-order valence-electron chi connectivity index (χ2n) is 10.7. The van der Waals surface area contributed by atoms with Crippen LogP contribution in [0.1, 0.15) is 37.7 Å². The molecule has 4 aromatic rings. The Morgan fingerprint density at radius 3 is 2.45 bits per heavy atom. The molecule has 11 heteroatoms. The molecule has 0 N–H and O–H groups in total. The molecule has 0 aliphatic carbocycles. The molecule has 1 aliphatic heterocycles. The number of imidazole rings is 1. The third-order valence-electron chi connectivity index (χ3n) is 6.65. The van der Waals surface area contributed by atoms with Crippen LogP contribution in [0.2, 0.25) is 0 Å². The summed E-state index contributed by atoms with van der Waals surface area (Å²) in [5.41, 5.74) is 3.96. The fourth-order valence-electron chi connectivity index (χ4n) is 4.69. The van der Waals surface area contributed by atoms with E-state index >= 15 is 0 Å². The lowest BCUT2D eigenvalue weighted by Gasteiger charge is -2.36. The van der Waals surface area contributed by atoms with Gasteiger partial charge in [-0.2, -0.15) is 8.78 Å². The molecule has 0 radical (unpaired) electrons. The van der Waals surface area contributed by atoms with Gasteiger partial charge in [-0.05, 0) is 45.9 Å². The first-order valence-corrected chi connectivity index (χ1v) is 13.1. The number of pyridine rings is 1. The van der Waals surface area contributed by atoms with Gasteiger partial charge in [0, 0.05) is 56.1 Å². The highest BCUT2D eigenvalue weighted by Crippen LogP contribution is 2.27. The number of piperazine rings is 1. The SMILES string of the molecule is Cc1nc2cnc(-c3ccc(N4CCN(C(=O)OC(C)(C)C)CC4)nc3)cn2c1Cc1ccccc1OC(F)F. The van der Waals surface area contributed by atoms with E-state index in [0.29, 0.717) is 49.5 Å². The molecule has 0 atom stereocenters. The lowest BCUT2D eigenvalue weighted by Crippen LogP contribution is -2.50. The molecule has 1 fully saturated rings. The second kappa shape index (κ2) is 11.1. The Balaban J connectivity index is 1.32. The van der Waals surface area contributed by atoms with Crippen LogP contribution in [0, 0.1) is 6.92 Å². The lowest BCUT2D eigenvalue weighted by atomic mass is 10.1. The normalized spacial score (nSPS) is 14.2. The molecule has 9 nitrogen and oxygen atoms in total. The van der Waals surface area contributed by atoms with Crippen LogP contribution < -0.4 is 9.64 Å². The Bertz CT molecular complexity index is 1490. The largest absolute Gasteiger partial charge is 0.444 e. The number of aromatic nitrogens is 4. The van der Waals surface area contributed by atoms with E-state index < -0.39 is 12.2 Å². The third-order valence-corrected chi connectivity index (χ3v) is 6.65. The van der Waals surface area contributed by atoms with Gasteiger partial charge >= 0.3 is 12.7 Å². The number of nitrogens with zero attached hydrogens (tertiary/aromatic N) is 6. The van der Waals surface area contributed by atoms with E-state index in [1.54, 1.807) is 35.5 Å². The molecular formula is C29H32F2N6O3. The Morgan fingerprint density at radius 1 is 1.02 bits per heavy atom. The Morgan fingerprint density at radius 2 is 1.77 bits per heavy atom. The zero-order valence-corrected chi connectivity index (χ0v) is 23.0. The average Bonchev–Trinajstić information content (AvgIpc) is 3.22. The van der Waals surface area contributed by atoms with Crippen LogP contribution in [-0.2, 0) is 11.2 Å². The minimum Gasteiger partial charge on any atom is -0.444 e. The number of hydrogen-bond donors (Lipinski definition) is 0. The summed E-state index contributed by atoms with van der Waals surface area (Å²) >= 11 is 0. The van der Waals surface area contributed by atoms with Gasteiger partial charge in [0.1, 0.15) is 17.2 Å². The number of fused-ring (bicyclic) bond motifs is 1. The van der Waals surface area contributed by atoms with E-state index in [1.807, 2.05) is 50.4 Å². The summed E-state index contributed by atoms with van der Waals surface area (Å²) in [5, 5.41) is 0. The van der Waals surface area contributed by atoms with Gasteiger partial charge < -0.3 is 19.3 Å². The highest BCUT2D eigenvalue weighted by Gasteiger charge is 2.26. The molecule has 5 rings (SSSR count). The summed E-state index contributed by atoms with van der Waals surface area (Å²) in [6.07, 6.45) is 5.43. The Hall–Kier alpha value is -4.28. The van der Waals surface area contributed by atoms with Crippen molar-refractivity contribution in [3.8, 4) is 17.0 Å². The molecule has 3 aromatic heterocycles. The number of anilines is 1. The third kappa shape index (κ3) is 6.13. The van der Waals surface area contributed by atoms with E-state index in [4.69, 9.17) is 9.47 Å². The monoisotopic (exact) mass is 550 g/mol. The summed E-state index contributed by atoms with van der Waals surface area (Å²) in [4.78, 5) is 30.1. The standard InChI is InChI=1S/C29H32F2N6O3/c1-19-23(15-20-7-5-6-8-24(20)39-27(30)31)37-18-22(32-17-26(37)34-19)21-9-10-25(33-16-21)35-11-13-36(14-12-35)28(38)40-29(2,3)4/h5-10,16-18,27H,11-15H2,1-4H3. The molecule has 0 unspecified atom stereocenters. The molecule has 1 saturated heterocycles. The molecule has 210 valence electrons. The molecule has 0 spiro atoms. The highest BCUT2D eigenvalue weighted by molar-refractivity contribution is 5.68. The van der Waals surface area contributed by atoms with E-state index in [0.717, 1.165) is 22.8 Å². The Labute approximate surface area is 231 Å². The van der Waals surface area contributed by atoms with Gasteiger partial charge in [0.25, 0.3) is 0 Å².